The summed E-state index contributed by atoms with van der Waals surface area (Å²) in [6.45, 7) is 4.64. The Morgan fingerprint density at radius 1 is 1.30 bits per heavy atom. The minimum absolute atomic E-state index is 0.0220. The lowest BCUT2D eigenvalue weighted by atomic mass is 9.97. The smallest absolute Gasteiger partial charge is 0.309 e. The van der Waals surface area contributed by atoms with E-state index in [1.807, 2.05) is 31.2 Å². The number of nitrogens with two attached hydrogens (primary N) is 1. The van der Waals surface area contributed by atoms with Crippen molar-refractivity contribution < 1.29 is 9.53 Å². The van der Waals surface area contributed by atoms with Gasteiger partial charge < -0.3 is 10.5 Å². The second-order valence-corrected chi connectivity index (χ2v) is 5.84. The minimum Gasteiger partial charge on any atom is -0.466 e. The number of aromatic nitrogens is 2. The highest BCUT2D eigenvalue weighted by molar-refractivity contribution is 5.87. The summed E-state index contributed by atoms with van der Waals surface area (Å²) in [4.78, 5) is 23.0. The molecule has 0 saturated carbocycles. The van der Waals surface area contributed by atoms with E-state index in [-0.39, 0.29) is 11.9 Å². The van der Waals surface area contributed by atoms with Gasteiger partial charge in [0.05, 0.1) is 24.6 Å². The first-order chi connectivity index (χ1) is 11.2. The number of ether oxygens (including phenoxy) is 1. The summed E-state index contributed by atoms with van der Waals surface area (Å²) >= 11 is 0. The predicted octanol–water partition coefficient (Wildman–Crippen LogP) is 1.99. The molecule has 0 spiro atoms. The van der Waals surface area contributed by atoms with Crippen molar-refractivity contribution >= 4 is 22.7 Å². The first-order valence-electron chi connectivity index (χ1n) is 8.07. The van der Waals surface area contributed by atoms with Gasteiger partial charge in [-0.3, -0.25) is 9.69 Å². The van der Waals surface area contributed by atoms with E-state index in [9.17, 15) is 4.79 Å². The predicted molar refractivity (Wildman–Crippen MR) is 88.6 cm³/mol. The number of hydrogen-bond donors (Lipinski definition) is 1. The molecule has 1 fully saturated rings. The zero-order valence-corrected chi connectivity index (χ0v) is 13.4. The van der Waals surface area contributed by atoms with E-state index in [4.69, 9.17) is 10.5 Å². The number of likely N-dealkylation sites (tertiary alicyclic amines) is 1. The molecule has 6 heteroatoms. The molecule has 0 atom stereocenters. The SMILES string of the molecule is CCOC(=O)C1CCN(Cc2nc(N)c3ccccc3n2)CC1. The molecule has 2 N–H and O–H groups in total. The Morgan fingerprint density at radius 2 is 2.04 bits per heavy atom. The molecule has 6 nitrogen and oxygen atoms in total. The molecule has 0 aliphatic carbocycles. The van der Waals surface area contributed by atoms with Crippen molar-refractivity contribution in [3.63, 3.8) is 0 Å². The topological polar surface area (TPSA) is 81.3 Å². The zero-order valence-electron chi connectivity index (χ0n) is 13.4. The standard InChI is InChI=1S/C17H22N4O2/c1-2-23-17(22)12-7-9-21(10-8-12)11-15-19-14-6-4-3-5-13(14)16(18)20-15/h3-6,12H,2,7-11H2,1H3,(H2,18,19,20). The number of hydrogen-bond acceptors (Lipinski definition) is 6. The van der Waals surface area contributed by atoms with Crippen LogP contribution in [0.2, 0.25) is 0 Å². The molecule has 122 valence electrons. The van der Waals surface area contributed by atoms with Crippen LogP contribution in [0, 0.1) is 5.92 Å². The summed E-state index contributed by atoms with van der Waals surface area (Å²) in [6.07, 6.45) is 1.64. The number of fused-ring (bicyclic) bond motifs is 1. The molecular formula is C17H22N4O2. The third-order valence-electron chi connectivity index (χ3n) is 4.25. The van der Waals surface area contributed by atoms with Crippen LogP contribution >= 0.6 is 0 Å². The fourth-order valence-electron chi connectivity index (χ4n) is 3.01. The number of benzene rings is 1. The lowest BCUT2D eigenvalue weighted by Gasteiger charge is -2.30. The number of piperidine rings is 1. The molecule has 1 saturated heterocycles. The van der Waals surface area contributed by atoms with Gasteiger partial charge in [-0.2, -0.15) is 0 Å². The van der Waals surface area contributed by atoms with Crippen LogP contribution in [-0.4, -0.2) is 40.5 Å². The molecule has 3 rings (SSSR count). The molecule has 1 aliphatic rings. The maximum atomic E-state index is 11.8. The number of carbonyl (C=O) groups is 1. The van der Waals surface area contributed by atoms with Crippen molar-refractivity contribution in [3.8, 4) is 0 Å². The second kappa shape index (κ2) is 6.91. The molecule has 0 unspecified atom stereocenters. The molecular weight excluding hydrogens is 292 g/mol. The van der Waals surface area contributed by atoms with Crippen LogP contribution in [-0.2, 0) is 16.1 Å². The van der Waals surface area contributed by atoms with E-state index in [1.165, 1.54) is 0 Å². The van der Waals surface area contributed by atoms with Gasteiger partial charge in [-0.1, -0.05) is 12.1 Å². The first-order valence-corrected chi connectivity index (χ1v) is 8.07. The summed E-state index contributed by atoms with van der Waals surface area (Å²) in [6, 6.07) is 7.76. The summed E-state index contributed by atoms with van der Waals surface area (Å²) < 4.78 is 5.10. The van der Waals surface area contributed by atoms with E-state index >= 15 is 0 Å². The van der Waals surface area contributed by atoms with Gasteiger partial charge in [0.1, 0.15) is 11.6 Å². The van der Waals surface area contributed by atoms with Crippen LogP contribution < -0.4 is 5.73 Å². The fraction of sp³-hybridized carbons (Fsp3) is 0.471. The number of anilines is 1. The first kappa shape index (κ1) is 15.7. The van der Waals surface area contributed by atoms with E-state index in [0.29, 0.717) is 19.0 Å². The maximum absolute atomic E-state index is 11.8. The van der Waals surface area contributed by atoms with Gasteiger partial charge in [-0.25, -0.2) is 9.97 Å². The molecule has 0 bridgehead atoms. The fourth-order valence-corrected chi connectivity index (χ4v) is 3.01. The number of para-hydroxylation sites is 1. The zero-order chi connectivity index (χ0) is 16.2. The summed E-state index contributed by atoms with van der Waals surface area (Å²) in [5.41, 5.74) is 6.90. The Balaban J connectivity index is 1.64. The van der Waals surface area contributed by atoms with Gasteiger partial charge in [0.25, 0.3) is 0 Å². The molecule has 23 heavy (non-hydrogen) atoms. The Bertz CT molecular complexity index is 696. The monoisotopic (exact) mass is 314 g/mol. The normalized spacial score (nSPS) is 16.6. The molecule has 1 aromatic carbocycles. The van der Waals surface area contributed by atoms with Gasteiger partial charge in [-0.15, -0.1) is 0 Å². The van der Waals surface area contributed by atoms with Crippen molar-refractivity contribution in [2.45, 2.75) is 26.3 Å². The largest absolute Gasteiger partial charge is 0.466 e. The molecule has 0 radical (unpaired) electrons. The van der Waals surface area contributed by atoms with Crippen LogP contribution in [0.15, 0.2) is 24.3 Å². The average Bonchev–Trinajstić information content (AvgIpc) is 2.56. The van der Waals surface area contributed by atoms with Crippen molar-refractivity contribution in [1.29, 1.82) is 0 Å². The second-order valence-electron chi connectivity index (χ2n) is 5.84. The Labute approximate surface area is 135 Å². The quantitative estimate of drug-likeness (QED) is 0.869. The lowest BCUT2D eigenvalue weighted by Crippen LogP contribution is -2.37. The Kier molecular flexibility index (Phi) is 4.71. The molecule has 1 aromatic heterocycles. The van der Waals surface area contributed by atoms with Crippen molar-refractivity contribution in [1.82, 2.24) is 14.9 Å². The number of carbonyl (C=O) groups excluding carboxylic acids is 1. The highest BCUT2D eigenvalue weighted by atomic mass is 16.5. The number of nitrogens with zero attached hydrogens (tertiary/aromatic N) is 3. The van der Waals surface area contributed by atoms with Gasteiger partial charge >= 0.3 is 5.97 Å². The highest BCUT2D eigenvalue weighted by Gasteiger charge is 2.26. The minimum atomic E-state index is -0.0710. The maximum Gasteiger partial charge on any atom is 0.309 e. The van der Waals surface area contributed by atoms with E-state index in [0.717, 1.165) is 42.7 Å². The molecule has 2 heterocycles. The number of rotatable bonds is 4. The van der Waals surface area contributed by atoms with Crippen molar-refractivity contribution in [3.05, 3.63) is 30.1 Å². The van der Waals surface area contributed by atoms with Crippen LogP contribution in [0.1, 0.15) is 25.6 Å². The van der Waals surface area contributed by atoms with E-state index < -0.39 is 0 Å². The average molecular weight is 314 g/mol. The van der Waals surface area contributed by atoms with Crippen molar-refractivity contribution in [2.75, 3.05) is 25.4 Å². The summed E-state index contributed by atoms with van der Waals surface area (Å²) in [5.74, 6) is 1.20. The molecule has 1 aliphatic heterocycles. The Morgan fingerprint density at radius 3 is 2.78 bits per heavy atom. The molecule has 2 aromatic rings. The lowest BCUT2D eigenvalue weighted by molar-refractivity contribution is -0.149. The van der Waals surface area contributed by atoms with Gasteiger partial charge in [0.2, 0.25) is 0 Å². The highest BCUT2D eigenvalue weighted by Crippen LogP contribution is 2.21. The van der Waals surface area contributed by atoms with Gasteiger partial charge in [0.15, 0.2) is 0 Å². The van der Waals surface area contributed by atoms with Crippen LogP contribution in [0.25, 0.3) is 10.9 Å². The summed E-state index contributed by atoms with van der Waals surface area (Å²) in [5, 5.41) is 0.886. The van der Waals surface area contributed by atoms with Crippen LogP contribution in [0.4, 0.5) is 5.82 Å². The van der Waals surface area contributed by atoms with Gasteiger partial charge in [0, 0.05) is 5.39 Å². The Hall–Kier alpha value is -2.21. The molecule has 0 amide bonds. The van der Waals surface area contributed by atoms with Crippen LogP contribution in [0.3, 0.4) is 0 Å². The third kappa shape index (κ3) is 3.59. The van der Waals surface area contributed by atoms with Crippen molar-refractivity contribution in [2.24, 2.45) is 5.92 Å². The number of nitrogen functional groups attached to an aromatic ring is 1. The van der Waals surface area contributed by atoms with Crippen LogP contribution in [0.5, 0.6) is 0 Å². The van der Waals surface area contributed by atoms with Gasteiger partial charge in [-0.05, 0) is 45.0 Å². The number of esters is 1. The third-order valence-corrected chi connectivity index (χ3v) is 4.25. The van der Waals surface area contributed by atoms with E-state index in [2.05, 4.69) is 14.9 Å². The van der Waals surface area contributed by atoms with E-state index in [1.54, 1.807) is 0 Å². The summed E-state index contributed by atoms with van der Waals surface area (Å²) in [7, 11) is 0.